The zero-order valence-electron chi connectivity index (χ0n) is 17.2. The lowest BCUT2D eigenvalue weighted by molar-refractivity contribution is -0.117. The van der Waals surface area contributed by atoms with Crippen molar-refractivity contribution in [1.29, 1.82) is 5.26 Å². The van der Waals surface area contributed by atoms with Gasteiger partial charge in [0.25, 0.3) is 5.91 Å². The molecule has 0 fully saturated rings. The Hall–Kier alpha value is -3.65. The summed E-state index contributed by atoms with van der Waals surface area (Å²) in [5.41, 5.74) is 3.99. The van der Waals surface area contributed by atoms with E-state index < -0.39 is 5.91 Å². The molecule has 0 atom stereocenters. The van der Waals surface area contributed by atoms with Crippen LogP contribution in [0, 0.1) is 31.0 Å². The highest BCUT2D eigenvalue weighted by Gasteiger charge is 2.15. The molecule has 1 amide bonds. The van der Waals surface area contributed by atoms with E-state index in [1.807, 2.05) is 56.3 Å². The molecule has 0 unspecified atom stereocenters. The van der Waals surface area contributed by atoms with Crippen LogP contribution in [0.4, 0.5) is 4.39 Å². The van der Waals surface area contributed by atoms with Crippen molar-refractivity contribution in [3.8, 4) is 11.8 Å². The van der Waals surface area contributed by atoms with Crippen molar-refractivity contribution in [2.24, 2.45) is 0 Å². The van der Waals surface area contributed by atoms with E-state index in [1.54, 1.807) is 28.8 Å². The fourth-order valence-electron chi connectivity index (χ4n) is 3.48. The van der Waals surface area contributed by atoms with Crippen molar-refractivity contribution >= 4 is 12.0 Å². The van der Waals surface area contributed by atoms with E-state index in [0.29, 0.717) is 17.8 Å². The van der Waals surface area contributed by atoms with Crippen LogP contribution in [0.2, 0.25) is 0 Å². The molecule has 2 aromatic carbocycles. The van der Waals surface area contributed by atoms with E-state index in [-0.39, 0.29) is 11.4 Å². The number of nitrogens with zero attached hydrogens (tertiary/aromatic N) is 2. The molecule has 0 saturated heterocycles. The predicted octanol–water partition coefficient (Wildman–Crippen LogP) is 4.89. The molecule has 3 rings (SSSR count). The minimum Gasteiger partial charge on any atom is -0.351 e. The lowest BCUT2D eigenvalue weighted by Gasteiger charge is -2.10. The van der Waals surface area contributed by atoms with Crippen LogP contribution in [0.1, 0.15) is 28.9 Å². The number of aryl methyl sites for hydroxylation is 2. The highest BCUT2D eigenvalue weighted by Crippen LogP contribution is 2.24. The van der Waals surface area contributed by atoms with Crippen LogP contribution in [-0.4, -0.2) is 17.0 Å². The molecule has 1 N–H and O–H groups in total. The summed E-state index contributed by atoms with van der Waals surface area (Å²) in [5.74, 6) is -0.729. The Morgan fingerprint density at radius 2 is 1.83 bits per heavy atom. The number of aromatic nitrogens is 1. The van der Waals surface area contributed by atoms with E-state index in [1.165, 1.54) is 11.6 Å². The third kappa shape index (κ3) is 4.84. The van der Waals surface area contributed by atoms with Crippen LogP contribution in [0.3, 0.4) is 0 Å². The molecule has 3 aromatic rings. The molecule has 4 nitrogen and oxygen atoms in total. The Bertz CT molecular complexity index is 1110. The van der Waals surface area contributed by atoms with Crippen LogP contribution < -0.4 is 5.32 Å². The summed E-state index contributed by atoms with van der Waals surface area (Å²) >= 11 is 0. The second-order valence-electron chi connectivity index (χ2n) is 7.13. The Morgan fingerprint density at radius 3 is 2.53 bits per heavy atom. The molecule has 0 radical (unpaired) electrons. The first-order chi connectivity index (χ1) is 14.5. The fraction of sp³-hybridized carbons (Fsp3) is 0.200. The molecule has 0 spiro atoms. The summed E-state index contributed by atoms with van der Waals surface area (Å²) in [7, 11) is 0. The number of rotatable bonds is 7. The summed E-state index contributed by atoms with van der Waals surface area (Å²) in [6.45, 7) is 4.20. The number of carbonyl (C=O) groups excluding carboxylic acids is 1. The molecular weight excluding hydrogens is 377 g/mol. The SMILES string of the molecule is Cc1cc(/C=C(/C#N)C(=O)NCCCc2ccccc2)c(C)n1-c1ccccc1F. The largest absolute Gasteiger partial charge is 0.351 e. The van der Waals surface area contributed by atoms with Gasteiger partial charge < -0.3 is 9.88 Å². The van der Waals surface area contributed by atoms with E-state index in [0.717, 1.165) is 24.2 Å². The van der Waals surface area contributed by atoms with Gasteiger partial charge in [-0.05, 0) is 62.1 Å². The maximum Gasteiger partial charge on any atom is 0.261 e. The summed E-state index contributed by atoms with van der Waals surface area (Å²) in [5, 5.41) is 12.3. The van der Waals surface area contributed by atoms with Gasteiger partial charge in [-0.15, -0.1) is 0 Å². The zero-order chi connectivity index (χ0) is 21.5. The highest BCUT2D eigenvalue weighted by atomic mass is 19.1. The van der Waals surface area contributed by atoms with Gasteiger partial charge in [-0.25, -0.2) is 4.39 Å². The molecule has 30 heavy (non-hydrogen) atoms. The van der Waals surface area contributed by atoms with Crippen molar-refractivity contribution in [3.05, 3.63) is 94.6 Å². The first-order valence-electron chi connectivity index (χ1n) is 9.89. The lowest BCUT2D eigenvalue weighted by atomic mass is 10.1. The van der Waals surface area contributed by atoms with Crippen LogP contribution in [0.5, 0.6) is 0 Å². The number of hydrogen-bond acceptors (Lipinski definition) is 2. The molecule has 0 aliphatic rings. The molecule has 0 aliphatic carbocycles. The van der Waals surface area contributed by atoms with Gasteiger partial charge in [-0.3, -0.25) is 4.79 Å². The van der Waals surface area contributed by atoms with Crippen LogP contribution in [0.15, 0.2) is 66.2 Å². The maximum atomic E-state index is 14.2. The monoisotopic (exact) mass is 401 g/mol. The van der Waals surface area contributed by atoms with Crippen molar-refractivity contribution in [3.63, 3.8) is 0 Å². The smallest absolute Gasteiger partial charge is 0.261 e. The number of benzene rings is 2. The summed E-state index contributed by atoms with van der Waals surface area (Å²) in [6.07, 6.45) is 3.21. The lowest BCUT2D eigenvalue weighted by Crippen LogP contribution is -2.25. The zero-order valence-corrected chi connectivity index (χ0v) is 17.2. The first kappa shape index (κ1) is 21.1. The third-order valence-corrected chi connectivity index (χ3v) is 5.00. The van der Waals surface area contributed by atoms with Gasteiger partial charge in [0, 0.05) is 17.9 Å². The van der Waals surface area contributed by atoms with Gasteiger partial charge in [0.2, 0.25) is 0 Å². The van der Waals surface area contributed by atoms with E-state index in [4.69, 9.17) is 0 Å². The van der Waals surface area contributed by atoms with Crippen molar-refractivity contribution in [2.45, 2.75) is 26.7 Å². The normalized spacial score (nSPS) is 11.2. The fourth-order valence-corrected chi connectivity index (χ4v) is 3.48. The van der Waals surface area contributed by atoms with Gasteiger partial charge in [0.05, 0.1) is 5.69 Å². The number of nitriles is 1. The molecule has 5 heteroatoms. The van der Waals surface area contributed by atoms with E-state index in [9.17, 15) is 14.4 Å². The van der Waals surface area contributed by atoms with Crippen LogP contribution in [-0.2, 0) is 11.2 Å². The number of halogens is 1. The van der Waals surface area contributed by atoms with Crippen molar-refractivity contribution < 1.29 is 9.18 Å². The van der Waals surface area contributed by atoms with E-state index >= 15 is 0 Å². The number of nitrogens with one attached hydrogen (secondary N) is 1. The van der Waals surface area contributed by atoms with Gasteiger partial charge in [0.15, 0.2) is 0 Å². The second-order valence-corrected chi connectivity index (χ2v) is 7.13. The standard InChI is InChI=1S/C25H24FN3O/c1-18-15-21(19(2)29(18)24-13-7-6-12-23(24)26)16-22(17-27)25(30)28-14-8-11-20-9-4-3-5-10-20/h3-7,9-10,12-13,15-16H,8,11,14H2,1-2H3,(H,28,30)/b22-16-. The minimum atomic E-state index is -0.402. The molecule has 1 aromatic heterocycles. The number of carbonyl (C=O) groups is 1. The van der Waals surface area contributed by atoms with Crippen molar-refractivity contribution in [2.75, 3.05) is 6.54 Å². The summed E-state index contributed by atoms with van der Waals surface area (Å²) < 4.78 is 16.0. The number of hydrogen-bond donors (Lipinski definition) is 1. The Morgan fingerprint density at radius 1 is 1.13 bits per heavy atom. The van der Waals surface area contributed by atoms with Crippen LogP contribution in [0.25, 0.3) is 11.8 Å². The Kier molecular flexibility index (Phi) is 6.82. The van der Waals surface area contributed by atoms with Crippen LogP contribution >= 0.6 is 0 Å². The summed E-state index contributed by atoms with van der Waals surface area (Å²) in [4.78, 5) is 12.4. The number of amides is 1. The van der Waals surface area contributed by atoms with Gasteiger partial charge >= 0.3 is 0 Å². The topological polar surface area (TPSA) is 57.8 Å². The molecule has 0 saturated carbocycles. The first-order valence-corrected chi connectivity index (χ1v) is 9.89. The van der Waals surface area contributed by atoms with E-state index in [2.05, 4.69) is 5.32 Å². The van der Waals surface area contributed by atoms with Crippen molar-refractivity contribution in [1.82, 2.24) is 9.88 Å². The third-order valence-electron chi connectivity index (χ3n) is 5.00. The molecular formula is C25H24FN3O. The molecule has 1 heterocycles. The second kappa shape index (κ2) is 9.71. The Labute approximate surface area is 176 Å². The predicted molar refractivity (Wildman–Crippen MR) is 117 cm³/mol. The quantitative estimate of drug-likeness (QED) is 0.348. The van der Waals surface area contributed by atoms with Gasteiger partial charge in [-0.1, -0.05) is 42.5 Å². The van der Waals surface area contributed by atoms with Gasteiger partial charge in [-0.2, -0.15) is 5.26 Å². The summed E-state index contributed by atoms with van der Waals surface area (Å²) in [6, 6.07) is 20.4. The Balaban J connectivity index is 1.71. The average Bonchev–Trinajstić information content (AvgIpc) is 3.03. The highest BCUT2D eigenvalue weighted by molar-refractivity contribution is 6.01. The minimum absolute atomic E-state index is 0.0310. The number of para-hydroxylation sites is 1. The molecule has 0 bridgehead atoms. The average molecular weight is 401 g/mol. The van der Waals surface area contributed by atoms with Gasteiger partial charge in [0.1, 0.15) is 17.5 Å². The maximum absolute atomic E-state index is 14.2. The molecule has 0 aliphatic heterocycles. The molecule has 152 valence electrons.